The predicted molar refractivity (Wildman–Crippen MR) is 86.2 cm³/mol. The highest BCUT2D eigenvalue weighted by Gasteiger charge is 2.38. The van der Waals surface area contributed by atoms with E-state index in [0.717, 1.165) is 11.8 Å². The zero-order chi connectivity index (χ0) is 13.6. The number of thiol groups is 1. The summed E-state index contributed by atoms with van der Waals surface area (Å²) in [5.74, 6) is 1.75. The molecule has 0 amide bonds. The maximum atomic E-state index is 4.86. The molecule has 104 valence electrons. The summed E-state index contributed by atoms with van der Waals surface area (Å²) in [7, 11) is 0. The van der Waals surface area contributed by atoms with Crippen LogP contribution in [0.25, 0.3) is 0 Å². The lowest BCUT2D eigenvalue weighted by molar-refractivity contribution is 0.329. The topological polar surface area (TPSA) is 0 Å². The van der Waals surface area contributed by atoms with Crippen LogP contribution in [-0.4, -0.2) is 0 Å². The number of rotatable bonds is 2. The largest absolute Gasteiger partial charge is 0.168 e. The Kier molecular flexibility index (Phi) is 3.45. The van der Waals surface area contributed by atoms with Crippen LogP contribution in [0.2, 0.25) is 0 Å². The molecule has 0 aromatic heterocycles. The Labute approximate surface area is 123 Å². The molecule has 0 radical (unpaired) electrons. The van der Waals surface area contributed by atoms with Crippen LogP contribution in [0, 0.1) is 5.92 Å². The van der Waals surface area contributed by atoms with Crippen molar-refractivity contribution in [3.8, 4) is 0 Å². The fourth-order valence-corrected chi connectivity index (χ4v) is 4.53. The van der Waals surface area contributed by atoms with Gasteiger partial charge in [-0.3, -0.25) is 0 Å². The van der Waals surface area contributed by atoms with Crippen LogP contribution in [0.15, 0.2) is 12.1 Å². The van der Waals surface area contributed by atoms with E-state index in [-0.39, 0.29) is 4.75 Å². The van der Waals surface area contributed by atoms with Crippen molar-refractivity contribution in [3.63, 3.8) is 0 Å². The molecule has 3 rings (SSSR count). The van der Waals surface area contributed by atoms with E-state index < -0.39 is 0 Å². The van der Waals surface area contributed by atoms with Crippen molar-refractivity contribution in [3.05, 3.63) is 34.4 Å². The number of hydrogen-bond acceptors (Lipinski definition) is 1. The lowest BCUT2D eigenvalue weighted by Gasteiger charge is -2.30. The SMILES string of the molecule is CCc1ccc(C(C)(C)S)c2c1CC1CCCCC21. The first-order valence-corrected chi connectivity index (χ1v) is 8.34. The summed E-state index contributed by atoms with van der Waals surface area (Å²) in [5.41, 5.74) is 6.48. The quantitative estimate of drug-likeness (QED) is 0.700. The van der Waals surface area contributed by atoms with Crippen LogP contribution in [0.4, 0.5) is 0 Å². The minimum Gasteiger partial charge on any atom is -0.168 e. The van der Waals surface area contributed by atoms with E-state index in [1.54, 1.807) is 16.7 Å². The Hall–Kier alpha value is -0.430. The van der Waals surface area contributed by atoms with E-state index in [1.165, 1.54) is 44.1 Å². The molecule has 1 fully saturated rings. The Morgan fingerprint density at radius 3 is 2.63 bits per heavy atom. The standard InChI is InChI=1S/C18H26S/c1-4-12-9-10-16(18(2,3)19)17-14-8-6-5-7-13(14)11-15(12)17/h9-10,13-14,19H,4-8,11H2,1-3H3. The second-order valence-electron chi connectivity index (χ2n) is 6.93. The summed E-state index contributed by atoms with van der Waals surface area (Å²) in [4.78, 5) is 0. The molecule has 0 spiro atoms. The zero-order valence-electron chi connectivity index (χ0n) is 12.5. The van der Waals surface area contributed by atoms with E-state index in [2.05, 4.69) is 32.9 Å². The molecule has 1 aromatic rings. The van der Waals surface area contributed by atoms with Crippen LogP contribution in [0.3, 0.4) is 0 Å². The summed E-state index contributed by atoms with van der Waals surface area (Å²) in [6.07, 6.45) is 8.21. The lowest BCUT2D eigenvalue weighted by atomic mass is 9.77. The van der Waals surface area contributed by atoms with Crippen LogP contribution in [0.5, 0.6) is 0 Å². The third-order valence-corrected chi connectivity index (χ3v) is 5.48. The highest BCUT2D eigenvalue weighted by Crippen LogP contribution is 2.51. The molecule has 2 unspecified atom stereocenters. The molecular formula is C18H26S. The van der Waals surface area contributed by atoms with E-state index in [4.69, 9.17) is 12.6 Å². The van der Waals surface area contributed by atoms with Crippen LogP contribution < -0.4 is 0 Å². The van der Waals surface area contributed by atoms with Gasteiger partial charge in [-0.05, 0) is 73.6 Å². The van der Waals surface area contributed by atoms with Gasteiger partial charge in [0.05, 0.1) is 0 Å². The zero-order valence-corrected chi connectivity index (χ0v) is 13.4. The van der Waals surface area contributed by atoms with Gasteiger partial charge >= 0.3 is 0 Å². The molecule has 2 aliphatic rings. The summed E-state index contributed by atoms with van der Waals surface area (Å²) >= 11 is 4.86. The first kappa shape index (κ1) is 13.5. The highest BCUT2D eigenvalue weighted by atomic mass is 32.1. The smallest absolute Gasteiger partial charge is 0.0325 e. The molecule has 0 saturated heterocycles. The maximum Gasteiger partial charge on any atom is 0.0325 e. The molecule has 0 nitrogen and oxygen atoms in total. The van der Waals surface area contributed by atoms with Gasteiger partial charge in [-0.25, -0.2) is 0 Å². The fourth-order valence-electron chi connectivity index (χ4n) is 4.33. The highest BCUT2D eigenvalue weighted by molar-refractivity contribution is 7.81. The predicted octanol–water partition coefficient (Wildman–Crippen LogP) is 5.24. The number of hydrogen-bond donors (Lipinski definition) is 1. The molecule has 1 saturated carbocycles. The second-order valence-corrected chi connectivity index (χ2v) is 8.05. The van der Waals surface area contributed by atoms with Crippen molar-refractivity contribution in [1.29, 1.82) is 0 Å². The van der Waals surface area contributed by atoms with Gasteiger partial charge in [0.25, 0.3) is 0 Å². The molecule has 19 heavy (non-hydrogen) atoms. The summed E-state index contributed by atoms with van der Waals surface area (Å²) < 4.78 is -0.0112. The van der Waals surface area contributed by atoms with E-state index in [9.17, 15) is 0 Å². The van der Waals surface area contributed by atoms with E-state index in [0.29, 0.717) is 0 Å². The van der Waals surface area contributed by atoms with E-state index >= 15 is 0 Å². The lowest BCUT2D eigenvalue weighted by Crippen LogP contribution is -2.17. The average molecular weight is 274 g/mol. The average Bonchev–Trinajstić information content (AvgIpc) is 2.75. The number of fused-ring (bicyclic) bond motifs is 3. The van der Waals surface area contributed by atoms with Crippen molar-refractivity contribution < 1.29 is 0 Å². The van der Waals surface area contributed by atoms with Gasteiger partial charge in [0, 0.05) is 4.75 Å². The van der Waals surface area contributed by atoms with Crippen molar-refractivity contribution in [2.45, 2.75) is 70.0 Å². The summed E-state index contributed by atoms with van der Waals surface area (Å²) in [5, 5.41) is 0. The first-order chi connectivity index (χ1) is 9.02. The van der Waals surface area contributed by atoms with Crippen LogP contribution >= 0.6 is 12.6 Å². The van der Waals surface area contributed by atoms with Gasteiger partial charge < -0.3 is 0 Å². The molecule has 0 aliphatic heterocycles. The minimum atomic E-state index is -0.0112. The molecular weight excluding hydrogens is 248 g/mol. The second kappa shape index (κ2) is 4.84. The summed E-state index contributed by atoms with van der Waals surface area (Å²) in [6.45, 7) is 6.78. The summed E-state index contributed by atoms with van der Waals surface area (Å²) in [6, 6.07) is 4.73. The van der Waals surface area contributed by atoms with Gasteiger partial charge in [0.2, 0.25) is 0 Å². The third kappa shape index (κ3) is 2.24. The van der Waals surface area contributed by atoms with Gasteiger partial charge in [-0.1, -0.05) is 31.9 Å². The molecule has 0 heterocycles. The Morgan fingerprint density at radius 1 is 1.21 bits per heavy atom. The Bertz CT molecular complexity index is 481. The van der Waals surface area contributed by atoms with Gasteiger partial charge in [-0.15, -0.1) is 0 Å². The van der Waals surface area contributed by atoms with Crippen molar-refractivity contribution in [1.82, 2.24) is 0 Å². The van der Waals surface area contributed by atoms with Crippen molar-refractivity contribution >= 4 is 12.6 Å². The van der Waals surface area contributed by atoms with Crippen molar-refractivity contribution in [2.75, 3.05) is 0 Å². The molecule has 1 heteroatoms. The monoisotopic (exact) mass is 274 g/mol. The Balaban J connectivity index is 2.15. The third-order valence-electron chi connectivity index (χ3n) is 5.24. The number of aryl methyl sites for hydroxylation is 1. The molecule has 0 bridgehead atoms. The van der Waals surface area contributed by atoms with Crippen molar-refractivity contribution in [2.24, 2.45) is 5.92 Å². The Morgan fingerprint density at radius 2 is 1.95 bits per heavy atom. The molecule has 2 atom stereocenters. The fraction of sp³-hybridized carbons (Fsp3) is 0.667. The molecule has 2 aliphatic carbocycles. The number of benzene rings is 1. The van der Waals surface area contributed by atoms with E-state index in [1.807, 2.05) is 0 Å². The van der Waals surface area contributed by atoms with Crippen LogP contribution in [-0.2, 0) is 17.6 Å². The normalized spacial score (nSPS) is 26.1. The van der Waals surface area contributed by atoms with Gasteiger partial charge in [-0.2, -0.15) is 12.6 Å². The molecule has 0 N–H and O–H groups in total. The minimum absolute atomic E-state index is 0.0112. The van der Waals surface area contributed by atoms with Gasteiger partial charge in [0.1, 0.15) is 0 Å². The van der Waals surface area contributed by atoms with Gasteiger partial charge in [0.15, 0.2) is 0 Å². The molecule has 1 aromatic carbocycles. The van der Waals surface area contributed by atoms with Crippen LogP contribution in [0.1, 0.15) is 74.6 Å². The first-order valence-electron chi connectivity index (χ1n) is 7.90. The maximum absolute atomic E-state index is 4.86.